The maximum absolute atomic E-state index is 13.3. The van der Waals surface area contributed by atoms with Gasteiger partial charge in [0.15, 0.2) is 0 Å². The van der Waals surface area contributed by atoms with Crippen molar-refractivity contribution in [1.29, 1.82) is 0 Å². The van der Waals surface area contributed by atoms with Crippen LogP contribution < -0.4 is 5.32 Å². The summed E-state index contributed by atoms with van der Waals surface area (Å²) >= 11 is 0. The van der Waals surface area contributed by atoms with Gasteiger partial charge in [0.05, 0.1) is 5.56 Å². The molecule has 0 aliphatic carbocycles. The largest absolute Gasteiger partial charge is 0.354 e. The van der Waals surface area contributed by atoms with E-state index in [9.17, 15) is 22.8 Å². The molecule has 1 heterocycles. The van der Waals surface area contributed by atoms with E-state index in [1.165, 1.54) is 17.0 Å². The van der Waals surface area contributed by atoms with Gasteiger partial charge in [0.25, 0.3) is 15.9 Å². The highest BCUT2D eigenvalue weighted by Crippen LogP contribution is 2.30. The van der Waals surface area contributed by atoms with E-state index >= 15 is 0 Å². The Balaban J connectivity index is 1.78. The van der Waals surface area contributed by atoms with Gasteiger partial charge >= 0.3 is 0 Å². The molecule has 1 atom stereocenters. The summed E-state index contributed by atoms with van der Waals surface area (Å²) in [6.45, 7) is 7.93. The molecule has 2 aromatic carbocycles. The van der Waals surface area contributed by atoms with Crippen LogP contribution in [0, 0.1) is 12.8 Å². The molecule has 0 fully saturated rings. The lowest BCUT2D eigenvalue weighted by atomic mass is 10.1. The molecule has 1 aliphatic heterocycles. The van der Waals surface area contributed by atoms with Gasteiger partial charge in [-0.2, -0.15) is 0 Å². The third-order valence-electron chi connectivity index (χ3n) is 5.73. The Morgan fingerprint density at radius 1 is 1.06 bits per heavy atom. The van der Waals surface area contributed by atoms with Crippen molar-refractivity contribution in [3.63, 3.8) is 0 Å². The number of nitrogens with zero attached hydrogens (tertiary/aromatic N) is 2. The van der Waals surface area contributed by atoms with Crippen molar-refractivity contribution in [3.05, 3.63) is 65.2 Å². The number of fused-ring (bicyclic) bond motifs is 1. The van der Waals surface area contributed by atoms with Crippen molar-refractivity contribution in [2.24, 2.45) is 5.92 Å². The monoisotopic (exact) mass is 485 g/mol. The fraction of sp³-hybridized carbons (Fsp3) is 0.400. The summed E-state index contributed by atoms with van der Waals surface area (Å²) in [5.41, 5.74) is 1.98. The minimum absolute atomic E-state index is 0.0505. The van der Waals surface area contributed by atoms with Crippen molar-refractivity contribution in [1.82, 2.24) is 14.5 Å². The molecule has 3 amide bonds. The van der Waals surface area contributed by atoms with Gasteiger partial charge in [-0.15, -0.1) is 0 Å². The van der Waals surface area contributed by atoms with Crippen molar-refractivity contribution in [2.45, 2.75) is 51.6 Å². The zero-order valence-corrected chi connectivity index (χ0v) is 20.8. The van der Waals surface area contributed by atoms with Crippen molar-refractivity contribution in [2.75, 3.05) is 13.1 Å². The SMILES string of the molecule is Cc1cccc(CN(C(=O)CCN2C(=O)c3ccccc3S2(=O)=O)C(C)C(=O)NCC(C)C)c1. The van der Waals surface area contributed by atoms with Crippen LogP contribution in [-0.4, -0.2) is 54.5 Å². The van der Waals surface area contributed by atoms with Gasteiger partial charge in [-0.25, -0.2) is 12.7 Å². The number of carbonyl (C=O) groups is 3. The quantitative estimate of drug-likeness (QED) is 0.588. The molecular weight excluding hydrogens is 454 g/mol. The fourth-order valence-corrected chi connectivity index (χ4v) is 5.40. The van der Waals surface area contributed by atoms with Crippen molar-refractivity contribution >= 4 is 27.7 Å². The molecule has 0 bridgehead atoms. The van der Waals surface area contributed by atoms with Crippen LogP contribution in [0.1, 0.15) is 48.7 Å². The molecule has 8 nitrogen and oxygen atoms in total. The zero-order valence-electron chi connectivity index (χ0n) is 19.9. The van der Waals surface area contributed by atoms with Gasteiger partial charge < -0.3 is 10.2 Å². The molecule has 9 heteroatoms. The second-order valence-electron chi connectivity index (χ2n) is 8.95. The summed E-state index contributed by atoms with van der Waals surface area (Å²) in [7, 11) is -4.00. The fourth-order valence-electron chi connectivity index (χ4n) is 3.84. The highest BCUT2D eigenvalue weighted by atomic mass is 32.2. The van der Waals surface area contributed by atoms with E-state index in [1.807, 2.05) is 45.0 Å². The van der Waals surface area contributed by atoms with Gasteiger partial charge in [-0.05, 0) is 37.5 Å². The van der Waals surface area contributed by atoms with Crippen molar-refractivity contribution < 1.29 is 22.8 Å². The third-order valence-corrected chi connectivity index (χ3v) is 7.57. The predicted molar refractivity (Wildman–Crippen MR) is 128 cm³/mol. The minimum atomic E-state index is -4.00. The van der Waals surface area contributed by atoms with E-state index in [4.69, 9.17) is 0 Å². The van der Waals surface area contributed by atoms with Gasteiger partial charge in [0.2, 0.25) is 11.8 Å². The molecule has 0 saturated heterocycles. The number of sulfonamides is 1. The molecule has 0 spiro atoms. The number of aryl methyl sites for hydroxylation is 1. The number of nitrogens with one attached hydrogen (secondary N) is 1. The zero-order chi connectivity index (χ0) is 25.0. The smallest absolute Gasteiger partial charge is 0.269 e. The first kappa shape index (κ1) is 25.4. The maximum atomic E-state index is 13.3. The Kier molecular flexibility index (Phi) is 7.76. The van der Waals surface area contributed by atoms with Gasteiger partial charge in [0.1, 0.15) is 10.9 Å². The molecule has 0 radical (unpaired) electrons. The Bertz CT molecular complexity index is 1190. The predicted octanol–water partition coefficient (Wildman–Crippen LogP) is 2.72. The summed E-state index contributed by atoms with van der Waals surface area (Å²) < 4.78 is 26.4. The molecule has 1 aliphatic rings. The maximum Gasteiger partial charge on any atom is 0.269 e. The van der Waals surface area contributed by atoms with Crippen LogP contribution in [0.5, 0.6) is 0 Å². The van der Waals surface area contributed by atoms with E-state index in [2.05, 4.69) is 5.32 Å². The Morgan fingerprint density at radius 2 is 1.76 bits per heavy atom. The molecule has 1 unspecified atom stereocenters. The van der Waals surface area contributed by atoms with Crippen LogP contribution in [0.4, 0.5) is 0 Å². The van der Waals surface area contributed by atoms with Crippen LogP contribution in [0.2, 0.25) is 0 Å². The summed E-state index contributed by atoms with van der Waals surface area (Å²) in [6, 6.07) is 12.9. The molecular formula is C25H31N3O5S. The Labute approximate surface area is 201 Å². The lowest BCUT2D eigenvalue weighted by Crippen LogP contribution is -2.49. The number of hydrogen-bond acceptors (Lipinski definition) is 5. The summed E-state index contributed by atoms with van der Waals surface area (Å²) in [4.78, 5) is 40.1. The van der Waals surface area contributed by atoms with E-state index < -0.39 is 27.9 Å². The third kappa shape index (κ3) is 5.47. The average Bonchev–Trinajstić information content (AvgIpc) is 2.99. The Morgan fingerprint density at radius 3 is 2.41 bits per heavy atom. The van der Waals surface area contributed by atoms with Crippen LogP contribution >= 0.6 is 0 Å². The van der Waals surface area contributed by atoms with Gasteiger partial charge in [0, 0.05) is 26.1 Å². The molecule has 34 heavy (non-hydrogen) atoms. The lowest BCUT2D eigenvalue weighted by molar-refractivity contribution is -0.140. The number of benzene rings is 2. The van der Waals surface area contributed by atoms with Crippen LogP contribution in [0.3, 0.4) is 0 Å². The molecule has 0 aromatic heterocycles. The van der Waals surface area contributed by atoms with E-state index in [0.717, 1.165) is 15.4 Å². The van der Waals surface area contributed by atoms with Crippen LogP contribution in [0.25, 0.3) is 0 Å². The first-order valence-corrected chi connectivity index (χ1v) is 12.7. The molecule has 3 rings (SSSR count). The highest BCUT2D eigenvalue weighted by molar-refractivity contribution is 7.90. The van der Waals surface area contributed by atoms with Gasteiger partial charge in [-0.3, -0.25) is 14.4 Å². The lowest BCUT2D eigenvalue weighted by Gasteiger charge is -2.29. The summed E-state index contributed by atoms with van der Waals surface area (Å²) in [5.74, 6) is -1.08. The van der Waals surface area contributed by atoms with Crippen LogP contribution in [0.15, 0.2) is 53.4 Å². The second kappa shape index (κ2) is 10.4. The molecule has 0 saturated carbocycles. The average molecular weight is 486 g/mol. The summed E-state index contributed by atoms with van der Waals surface area (Å²) in [5, 5.41) is 2.85. The van der Waals surface area contributed by atoms with Crippen molar-refractivity contribution in [3.8, 4) is 0 Å². The van der Waals surface area contributed by atoms with E-state index in [-0.39, 0.29) is 41.8 Å². The summed E-state index contributed by atoms with van der Waals surface area (Å²) in [6.07, 6.45) is -0.230. The first-order chi connectivity index (χ1) is 16.0. The van der Waals surface area contributed by atoms with Gasteiger partial charge in [-0.1, -0.05) is 55.8 Å². The number of hydrogen-bond donors (Lipinski definition) is 1. The second-order valence-corrected chi connectivity index (χ2v) is 10.8. The first-order valence-electron chi connectivity index (χ1n) is 11.3. The normalized spacial score (nSPS) is 15.2. The van der Waals surface area contributed by atoms with E-state index in [1.54, 1.807) is 19.1 Å². The number of carbonyl (C=O) groups excluding carboxylic acids is 3. The number of rotatable bonds is 9. The molecule has 2 aromatic rings. The standard InChI is InChI=1S/C25H31N3O5S/c1-17(2)15-26-24(30)19(4)27(16-20-9-7-8-18(3)14-20)23(29)12-13-28-25(31)21-10-5-6-11-22(21)34(28,32)33/h5-11,14,17,19H,12-13,15-16H2,1-4H3,(H,26,30). The molecule has 182 valence electrons. The molecule has 1 N–H and O–H groups in total. The minimum Gasteiger partial charge on any atom is -0.354 e. The van der Waals surface area contributed by atoms with E-state index in [0.29, 0.717) is 6.54 Å². The Hall–Kier alpha value is -3.20. The van der Waals surface area contributed by atoms with Crippen LogP contribution in [-0.2, 0) is 26.2 Å². The topological polar surface area (TPSA) is 104 Å². The highest BCUT2D eigenvalue weighted by Gasteiger charge is 2.41. The number of amides is 3.